The van der Waals surface area contributed by atoms with Gasteiger partial charge in [0, 0.05) is 17.0 Å². The van der Waals surface area contributed by atoms with Crippen molar-refractivity contribution in [2.24, 2.45) is 0 Å². The summed E-state index contributed by atoms with van der Waals surface area (Å²) < 4.78 is 14.4. The number of carbonyl (C=O) groups excluding carboxylic acids is 2. The Hall–Kier alpha value is -4.39. The summed E-state index contributed by atoms with van der Waals surface area (Å²) in [7, 11) is 0. The van der Waals surface area contributed by atoms with Gasteiger partial charge in [0.05, 0.1) is 30.5 Å². The van der Waals surface area contributed by atoms with E-state index in [9.17, 15) is 14.7 Å². The highest BCUT2D eigenvalue weighted by Gasteiger charge is 2.49. The van der Waals surface area contributed by atoms with Crippen molar-refractivity contribution in [3.05, 3.63) is 99.5 Å². The van der Waals surface area contributed by atoms with Crippen molar-refractivity contribution in [2.75, 3.05) is 18.1 Å². The monoisotopic (exact) mass is 703 g/mol. The number of hydrogen-bond acceptors (Lipinski definition) is 10. The maximum atomic E-state index is 13.9. The van der Waals surface area contributed by atoms with E-state index < -0.39 is 17.7 Å². The lowest BCUT2D eigenvalue weighted by Crippen LogP contribution is -2.29. The van der Waals surface area contributed by atoms with Crippen LogP contribution in [-0.4, -0.2) is 49.6 Å². The van der Waals surface area contributed by atoms with Crippen molar-refractivity contribution in [3.63, 3.8) is 0 Å². The van der Waals surface area contributed by atoms with Crippen LogP contribution in [0.15, 0.2) is 70.7 Å². The molecule has 0 spiro atoms. The summed E-state index contributed by atoms with van der Waals surface area (Å²) in [5.74, 6) is -0.423. The molecule has 6 rings (SSSR count). The van der Waals surface area contributed by atoms with Crippen LogP contribution in [0.25, 0.3) is 11.4 Å². The first-order chi connectivity index (χ1) is 23.2. The molecule has 1 saturated heterocycles. The number of ketones is 1. The number of benzene rings is 2. The highest BCUT2D eigenvalue weighted by Crippen LogP contribution is 2.46. The van der Waals surface area contributed by atoms with Crippen LogP contribution < -0.4 is 14.4 Å². The molecule has 1 unspecified atom stereocenters. The lowest BCUT2D eigenvalue weighted by Gasteiger charge is -2.23. The molecule has 10 nitrogen and oxygen atoms in total. The Labute approximate surface area is 291 Å². The number of carbonyl (C=O) groups is 2. The van der Waals surface area contributed by atoms with E-state index in [4.69, 9.17) is 26.1 Å². The predicted molar refractivity (Wildman–Crippen MR) is 188 cm³/mol. The average Bonchev–Trinajstić information content (AvgIpc) is 3.76. The number of Topliss-reactive ketones (excluding diaryl/α,β-unsaturated/α-hetero) is 1. The normalized spacial score (nSPS) is 15.9. The number of halogens is 1. The molecule has 48 heavy (non-hydrogen) atoms. The Morgan fingerprint density at radius 1 is 1.04 bits per heavy atom. The second-order valence-electron chi connectivity index (χ2n) is 11.2. The van der Waals surface area contributed by atoms with Crippen LogP contribution in [0.2, 0.25) is 5.02 Å². The summed E-state index contributed by atoms with van der Waals surface area (Å²) in [6.07, 6.45) is 3.69. The number of ether oxygens (including phenoxy) is 2. The van der Waals surface area contributed by atoms with Crippen molar-refractivity contribution >= 4 is 62.9 Å². The Morgan fingerprint density at radius 2 is 1.83 bits per heavy atom. The first-order valence-electron chi connectivity index (χ1n) is 15.6. The Bertz CT molecular complexity index is 2020. The van der Waals surface area contributed by atoms with Gasteiger partial charge in [-0.2, -0.15) is 0 Å². The molecule has 248 valence electrons. The fourth-order valence-corrected chi connectivity index (χ4v) is 7.46. The molecule has 1 atom stereocenters. The molecule has 5 aromatic rings. The summed E-state index contributed by atoms with van der Waals surface area (Å²) in [5, 5.41) is 21.4. The number of aryl methyl sites for hydroxylation is 2. The van der Waals surface area contributed by atoms with Crippen molar-refractivity contribution in [3.8, 4) is 11.5 Å². The standard InChI is InChI=1S/C35H34ClN5O5S2/c1-5-7-17-46-25-15-12-23(18-26(25)45-6-2)29-27(30(42)28-21(4)40-16-8-9-20(3)32(40)37-28)31(43)33(44)41(29)34-38-39-35(48-34)47-19-22-10-13-24(36)14-11-22/h8-16,18,29,42H,5-7,17,19H2,1-4H3. The Morgan fingerprint density at radius 3 is 2.56 bits per heavy atom. The molecular formula is C35H34ClN5O5S2. The largest absolute Gasteiger partial charge is 0.505 e. The highest BCUT2D eigenvalue weighted by atomic mass is 35.5. The van der Waals surface area contributed by atoms with Crippen LogP contribution in [0.3, 0.4) is 0 Å². The molecule has 4 heterocycles. The van der Waals surface area contributed by atoms with Crippen LogP contribution in [0.4, 0.5) is 5.13 Å². The smallest absolute Gasteiger partial charge is 0.301 e. The number of rotatable bonds is 12. The van der Waals surface area contributed by atoms with Gasteiger partial charge in [0.25, 0.3) is 5.78 Å². The molecule has 0 saturated carbocycles. The summed E-state index contributed by atoms with van der Waals surface area (Å²) in [6, 6.07) is 15.6. The summed E-state index contributed by atoms with van der Waals surface area (Å²) in [6.45, 7) is 8.57. The minimum atomic E-state index is -1.04. The fourth-order valence-electron chi connectivity index (χ4n) is 5.51. The number of imidazole rings is 1. The topological polar surface area (TPSA) is 119 Å². The van der Waals surface area contributed by atoms with E-state index in [0.717, 1.165) is 24.0 Å². The Balaban J connectivity index is 1.45. The number of anilines is 1. The van der Waals surface area contributed by atoms with Gasteiger partial charge >= 0.3 is 5.91 Å². The summed E-state index contributed by atoms with van der Waals surface area (Å²) in [4.78, 5) is 33.8. The van der Waals surface area contributed by atoms with Crippen molar-refractivity contribution in [1.29, 1.82) is 0 Å². The van der Waals surface area contributed by atoms with Gasteiger partial charge in [-0.1, -0.05) is 72.3 Å². The molecule has 0 bridgehead atoms. The van der Waals surface area contributed by atoms with Crippen LogP contribution >= 0.6 is 34.7 Å². The van der Waals surface area contributed by atoms with E-state index in [1.165, 1.54) is 28.0 Å². The van der Waals surface area contributed by atoms with Gasteiger partial charge in [-0.15, -0.1) is 10.2 Å². The molecule has 13 heteroatoms. The van der Waals surface area contributed by atoms with E-state index in [1.54, 1.807) is 18.2 Å². The molecule has 1 N–H and O–H groups in total. The van der Waals surface area contributed by atoms with Crippen LogP contribution in [-0.2, 0) is 15.3 Å². The maximum absolute atomic E-state index is 13.9. The third-order valence-electron chi connectivity index (χ3n) is 7.97. The van der Waals surface area contributed by atoms with Crippen LogP contribution in [0.5, 0.6) is 11.5 Å². The minimum absolute atomic E-state index is 0.100. The zero-order valence-electron chi connectivity index (χ0n) is 26.9. The number of pyridine rings is 1. The minimum Gasteiger partial charge on any atom is -0.505 e. The van der Waals surface area contributed by atoms with Crippen LogP contribution in [0, 0.1) is 13.8 Å². The molecule has 1 aliphatic rings. The molecule has 2 aromatic carbocycles. The Kier molecular flexibility index (Phi) is 10.0. The van der Waals surface area contributed by atoms with E-state index in [1.807, 2.05) is 67.8 Å². The second-order valence-corrected chi connectivity index (χ2v) is 13.8. The molecule has 1 aliphatic heterocycles. The third-order valence-corrected chi connectivity index (χ3v) is 10.3. The number of unbranched alkanes of at least 4 members (excludes halogenated alkanes) is 1. The van der Waals surface area contributed by atoms with Gasteiger partial charge in [0.2, 0.25) is 5.13 Å². The van der Waals surface area contributed by atoms with Gasteiger partial charge in [-0.25, -0.2) is 4.98 Å². The maximum Gasteiger partial charge on any atom is 0.301 e. The first kappa shape index (κ1) is 33.5. The quantitative estimate of drug-likeness (QED) is 0.0345. The number of hydrogen-bond donors (Lipinski definition) is 1. The molecular weight excluding hydrogens is 670 g/mol. The zero-order chi connectivity index (χ0) is 33.9. The van der Waals surface area contributed by atoms with Gasteiger partial charge in [-0.3, -0.25) is 14.5 Å². The predicted octanol–water partition coefficient (Wildman–Crippen LogP) is 7.95. The zero-order valence-corrected chi connectivity index (χ0v) is 29.3. The molecule has 1 fully saturated rings. The lowest BCUT2D eigenvalue weighted by molar-refractivity contribution is -0.132. The van der Waals surface area contributed by atoms with Crippen molar-refractivity contribution in [2.45, 2.75) is 56.7 Å². The second kappa shape index (κ2) is 14.4. The number of aliphatic hydroxyl groups excluding tert-OH is 1. The first-order valence-corrected chi connectivity index (χ1v) is 17.8. The number of fused-ring (bicyclic) bond motifs is 1. The number of thioether (sulfide) groups is 1. The number of amides is 1. The SMILES string of the molecule is CCCCOc1ccc(C2C(=C(O)c3nc4c(C)cccn4c3C)C(=O)C(=O)N2c2nnc(SCc3ccc(Cl)cc3)s2)cc1OCC. The molecule has 0 radical (unpaired) electrons. The molecule has 3 aromatic heterocycles. The van der Waals surface area contributed by atoms with Gasteiger partial charge < -0.3 is 19.0 Å². The average molecular weight is 704 g/mol. The summed E-state index contributed by atoms with van der Waals surface area (Å²) >= 11 is 8.68. The van der Waals surface area contributed by atoms with E-state index in [2.05, 4.69) is 17.1 Å². The fraction of sp³-hybridized carbons (Fsp3) is 0.286. The van der Waals surface area contributed by atoms with E-state index >= 15 is 0 Å². The van der Waals surface area contributed by atoms with Gasteiger partial charge in [-0.05, 0) is 74.2 Å². The van der Waals surface area contributed by atoms with Crippen molar-refractivity contribution in [1.82, 2.24) is 19.6 Å². The van der Waals surface area contributed by atoms with Gasteiger partial charge in [0.1, 0.15) is 11.3 Å². The summed E-state index contributed by atoms with van der Waals surface area (Å²) in [5.41, 5.74) is 3.86. The van der Waals surface area contributed by atoms with Gasteiger partial charge in [0.15, 0.2) is 21.6 Å². The highest BCUT2D eigenvalue weighted by molar-refractivity contribution is 8.00. The number of nitrogens with zero attached hydrogens (tertiary/aromatic N) is 5. The molecule has 0 aliphatic carbocycles. The number of aromatic nitrogens is 4. The van der Waals surface area contributed by atoms with E-state index in [-0.39, 0.29) is 22.2 Å². The number of aliphatic hydroxyl groups is 1. The van der Waals surface area contributed by atoms with Crippen LogP contribution in [0.1, 0.15) is 60.8 Å². The van der Waals surface area contributed by atoms with E-state index in [0.29, 0.717) is 56.7 Å². The lowest BCUT2D eigenvalue weighted by atomic mass is 9.96. The molecule has 1 amide bonds. The van der Waals surface area contributed by atoms with Crippen molar-refractivity contribution < 1.29 is 24.2 Å². The third kappa shape index (κ3) is 6.52.